The molecule has 0 amide bonds. The highest BCUT2D eigenvalue weighted by Crippen LogP contribution is 2.26. The molecule has 2 nitrogen and oxygen atoms in total. The Balaban J connectivity index is 1.70. The normalized spacial score (nSPS) is 10.6. The molecular weight excluding hydrogens is 424 g/mol. The van der Waals surface area contributed by atoms with Crippen LogP contribution >= 0.6 is 27.5 Å². The molecule has 0 saturated carbocycles. The van der Waals surface area contributed by atoms with E-state index in [1.807, 2.05) is 18.2 Å². The summed E-state index contributed by atoms with van der Waals surface area (Å²) in [5.74, 6) is -0.0264. The molecule has 3 rings (SSSR count). The molecule has 0 saturated heterocycles. The molecule has 26 heavy (non-hydrogen) atoms. The van der Waals surface area contributed by atoms with Crippen LogP contribution in [0.25, 0.3) is 0 Å². The largest absolute Gasteiger partial charge is 0.489 e. The predicted octanol–water partition coefficient (Wildman–Crippen LogP) is 6.57. The highest BCUT2D eigenvalue weighted by molar-refractivity contribution is 9.10. The summed E-state index contributed by atoms with van der Waals surface area (Å²) in [4.78, 5) is 0. The Kier molecular flexibility index (Phi) is 6.12. The fraction of sp³-hybridized carbons (Fsp3) is 0.100. The van der Waals surface area contributed by atoms with E-state index in [1.165, 1.54) is 24.3 Å². The summed E-state index contributed by atoms with van der Waals surface area (Å²) in [5.41, 5.74) is 2.50. The molecule has 0 heterocycles. The van der Waals surface area contributed by atoms with Crippen LogP contribution in [-0.4, -0.2) is 0 Å². The lowest BCUT2D eigenvalue weighted by molar-refractivity contribution is 0.303. The molecular formula is C20H15BrClF2NO. The number of nitrogens with one attached hydrogen (secondary N) is 1. The van der Waals surface area contributed by atoms with Crippen LogP contribution in [0.15, 0.2) is 65.1 Å². The maximum absolute atomic E-state index is 13.3. The molecule has 0 bridgehead atoms. The van der Waals surface area contributed by atoms with E-state index < -0.39 is 5.82 Å². The third kappa shape index (κ3) is 4.96. The molecule has 0 unspecified atom stereocenters. The SMILES string of the molecule is Fc1ccc(COc2ccc(Br)cc2CNc2ccc(F)c(Cl)c2)cc1. The van der Waals surface area contributed by atoms with Gasteiger partial charge in [-0.2, -0.15) is 0 Å². The number of halogens is 4. The minimum Gasteiger partial charge on any atom is -0.489 e. The van der Waals surface area contributed by atoms with Gasteiger partial charge < -0.3 is 10.1 Å². The Hall–Kier alpha value is -2.11. The molecule has 0 fully saturated rings. The second kappa shape index (κ2) is 8.52. The summed E-state index contributed by atoms with van der Waals surface area (Å²) < 4.78 is 33.0. The maximum atomic E-state index is 13.3. The molecule has 0 aliphatic carbocycles. The molecule has 0 radical (unpaired) electrons. The van der Waals surface area contributed by atoms with Gasteiger partial charge in [-0.15, -0.1) is 0 Å². The molecule has 0 atom stereocenters. The van der Waals surface area contributed by atoms with Crippen LogP contribution in [0.3, 0.4) is 0 Å². The van der Waals surface area contributed by atoms with Gasteiger partial charge in [0.05, 0.1) is 5.02 Å². The lowest BCUT2D eigenvalue weighted by Crippen LogP contribution is -2.04. The first-order valence-corrected chi connectivity index (χ1v) is 9.03. The van der Waals surface area contributed by atoms with Crippen LogP contribution < -0.4 is 10.1 Å². The van der Waals surface area contributed by atoms with Crippen molar-refractivity contribution < 1.29 is 13.5 Å². The minimum atomic E-state index is -0.456. The highest BCUT2D eigenvalue weighted by Gasteiger charge is 2.07. The van der Waals surface area contributed by atoms with E-state index in [2.05, 4.69) is 21.2 Å². The number of ether oxygens (including phenoxy) is 1. The van der Waals surface area contributed by atoms with E-state index in [0.717, 1.165) is 15.6 Å². The number of hydrogen-bond donors (Lipinski definition) is 1. The standard InChI is InChI=1S/C20H15BrClF2NO/c21-15-3-8-20(26-12-13-1-4-16(23)5-2-13)14(9-15)11-25-17-6-7-19(24)18(22)10-17/h1-10,25H,11-12H2. The Morgan fingerprint density at radius 2 is 1.73 bits per heavy atom. The van der Waals surface area contributed by atoms with Gasteiger partial charge in [0.25, 0.3) is 0 Å². The molecule has 6 heteroatoms. The van der Waals surface area contributed by atoms with Crippen molar-refractivity contribution in [2.75, 3.05) is 5.32 Å². The number of benzene rings is 3. The minimum absolute atomic E-state index is 0.0667. The molecule has 3 aromatic carbocycles. The van der Waals surface area contributed by atoms with Crippen molar-refractivity contribution in [1.29, 1.82) is 0 Å². The van der Waals surface area contributed by atoms with Gasteiger partial charge in [0, 0.05) is 22.3 Å². The fourth-order valence-electron chi connectivity index (χ4n) is 2.37. The van der Waals surface area contributed by atoms with Crippen LogP contribution in [0.5, 0.6) is 5.75 Å². The quantitative estimate of drug-likeness (QED) is 0.470. The summed E-state index contributed by atoms with van der Waals surface area (Å²) in [6, 6.07) is 16.4. The number of anilines is 1. The van der Waals surface area contributed by atoms with Gasteiger partial charge in [-0.25, -0.2) is 8.78 Å². The zero-order valence-electron chi connectivity index (χ0n) is 13.6. The van der Waals surface area contributed by atoms with E-state index in [1.54, 1.807) is 18.2 Å². The summed E-state index contributed by atoms with van der Waals surface area (Å²) in [5, 5.41) is 3.27. The van der Waals surface area contributed by atoms with Crippen molar-refractivity contribution in [1.82, 2.24) is 0 Å². The highest BCUT2D eigenvalue weighted by atomic mass is 79.9. The monoisotopic (exact) mass is 437 g/mol. The lowest BCUT2D eigenvalue weighted by atomic mass is 10.2. The van der Waals surface area contributed by atoms with Crippen LogP contribution in [-0.2, 0) is 13.2 Å². The average molecular weight is 439 g/mol. The van der Waals surface area contributed by atoms with E-state index in [9.17, 15) is 8.78 Å². The van der Waals surface area contributed by atoms with Gasteiger partial charge >= 0.3 is 0 Å². The zero-order valence-corrected chi connectivity index (χ0v) is 15.9. The summed E-state index contributed by atoms with van der Waals surface area (Å²) in [7, 11) is 0. The van der Waals surface area contributed by atoms with Crippen molar-refractivity contribution >= 4 is 33.2 Å². The molecule has 0 aliphatic rings. The number of hydrogen-bond acceptors (Lipinski definition) is 2. The maximum Gasteiger partial charge on any atom is 0.141 e. The van der Waals surface area contributed by atoms with Crippen molar-refractivity contribution in [2.24, 2.45) is 0 Å². The van der Waals surface area contributed by atoms with Crippen molar-refractivity contribution in [3.05, 3.63) is 92.9 Å². The molecule has 0 aromatic heterocycles. The third-order valence-corrected chi connectivity index (χ3v) is 4.52. The summed E-state index contributed by atoms with van der Waals surface area (Å²) in [6.07, 6.45) is 0. The van der Waals surface area contributed by atoms with Gasteiger partial charge in [0.1, 0.15) is 24.0 Å². The molecule has 3 aromatic rings. The molecule has 1 N–H and O–H groups in total. The molecule has 134 valence electrons. The Labute approximate surface area is 163 Å². The first-order chi connectivity index (χ1) is 12.5. The summed E-state index contributed by atoms with van der Waals surface area (Å²) >= 11 is 9.26. The topological polar surface area (TPSA) is 21.3 Å². The van der Waals surface area contributed by atoms with Gasteiger partial charge in [-0.05, 0) is 54.1 Å². The van der Waals surface area contributed by atoms with Gasteiger partial charge in [0.15, 0.2) is 0 Å². The van der Waals surface area contributed by atoms with Crippen molar-refractivity contribution in [3.63, 3.8) is 0 Å². The van der Waals surface area contributed by atoms with Gasteiger partial charge in [-0.1, -0.05) is 39.7 Å². The van der Waals surface area contributed by atoms with Gasteiger partial charge in [0.2, 0.25) is 0 Å². The Bertz CT molecular complexity index is 903. The fourth-order valence-corrected chi connectivity index (χ4v) is 2.96. The van der Waals surface area contributed by atoms with E-state index >= 15 is 0 Å². The van der Waals surface area contributed by atoms with E-state index in [4.69, 9.17) is 16.3 Å². The molecule has 0 aliphatic heterocycles. The van der Waals surface area contributed by atoms with Crippen LogP contribution in [0.1, 0.15) is 11.1 Å². The van der Waals surface area contributed by atoms with Crippen molar-refractivity contribution in [2.45, 2.75) is 13.2 Å². The van der Waals surface area contributed by atoms with E-state index in [-0.39, 0.29) is 10.8 Å². The van der Waals surface area contributed by atoms with Crippen LogP contribution in [0.2, 0.25) is 5.02 Å². The second-order valence-electron chi connectivity index (χ2n) is 5.65. The van der Waals surface area contributed by atoms with Crippen LogP contribution in [0.4, 0.5) is 14.5 Å². The first kappa shape index (κ1) is 18.7. The first-order valence-electron chi connectivity index (χ1n) is 7.86. The smallest absolute Gasteiger partial charge is 0.141 e. The number of rotatable bonds is 6. The molecule has 0 spiro atoms. The van der Waals surface area contributed by atoms with Crippen molar-refractivity contribution in [3.8, 4) is 5.75 Å². The third-order valence-electron chi connectivity index (χ3n) is 3.73. The van der Waals surface area contributed by atoms with E-state index in [0.29, 0.717) is 24.6 Å². The second-order valence-corrected chi connectivity index (χ2v) is 6.97. The zero-order chi connectivity index (χ0) is 18.5. The van der Waals surface area contributed by atoms with Gasteiger partial charge in [-0.3, -0.25) is 0 Å². The average Bonchev–Trinajstić information content (AvgIpc) is 2.63. The summed E-state index contributed by atoms with van der Waals surface area (Å²) in [6.45, 7) is 0.803. The van der Waals surface area contributed by atoms with Crippen LogP contribution in [0, 0.1) is 11.6 Å². The lowest BCUT2D eigenvalue weighted by Gasteiger charge is -2.14. The predicted molar refractivity (Wildman–Crippen MR) is 104 cm³/mol. The Morgan fingerprint density at radius 1 is 0.962 bits per heavy atom. The Morgan fingerprint density at radius 3 is 2.46 bits per heavy atom.